The van der Waals surface area contributed by atoms with Gasteiger partial charge < -0.3 is 15.0 Å². The van der Waals surface area contributed by atoms with Gasteiger partial charge in [-0.05, 0) is 37.1 Å². The van der Waals surface area contributed by atoms with E-state index < -0.39 is 0 Å². The topological polar surface area (TPSA) is 24.5 Å². The highest BCUT2D eigenvalue weighted by atomic mass is 35.5. The highest BCUT2D eigenvalue weighted by Gasteiger charge is 2.21. The second-order valence-electron chi connectivity index (χ2n) is 5.09. The van der Waals surface area contributed by atoms with Crippen molar-refractivity contribution in [1.29, 1.82) is 0 Å². The molecule has 4 heteroatoms. The Bertz CT molecular complexity index is 405. The van der Waals surface area contributed by atoms with E-state index in [0.29, 0.717) is 6.04 Å². The third-order valence-electron chi connectivity index (χ3n) is 3.60. The lowest BCUT2D eigenvalue weighted by Crippen LogP contribution is -2.32. The Balaban J connectivity index is 2.01. The van der Waals surface area contributed by atoms with Crippen LogP contribution in [0.1, 0.15) is 25.3 Å². The van der Waals surface area contributed by atoms with Crippen molar-refractivity contribution in [3.63, 3.8) is 0 Å². The van der Waals surface area contributed by atoms with Crippen LogP contribution in [0.2, 0.25) is 5.02 Å². The van der Waals surface area contributed by atoms with Crippen molar-refractivity contribution in [3.8, 4) is 0 Å². The van der Waals surface area contributed by atoms with Crippen molar-refractivity contribution in [3.05, 3.63) is 28.8 Å². The molecule has 2 rings (SSSR count). The molecule has 1 unspecified atom stereocenters. The van der Waals surface area contributed by atoms with Gasteiger partial charge in [0.25, 0.3) is 0 Å². The first kappa shape index (κ1) is 14.6. The predicted molar refractivity (Wildman–Crippen MR) is 81.1 cm³/mol. The van der Waals surface area contributed by atoms with E-state index in [9.17, 15) is 0 Å². The number of hydrogen-bond acceptors (Lipinski definition) is 3. The fourth-order valence-corrected chi connectivity index (χ4v) is 2.72. The third-order valence-corrected chi connectivity index (χ3v) is 3.90. The molecule has 106 valence electrons. The SMILES string of the molecule is CCCNCc1ccc(N(C)C2CCOC2)c(Cl)c1. The molecule has 19 heavy (non-hydrogen) atoms. The number of likely N-dealkylation sites (N-methyl/N-ethyl adjacent to an activating group) is 1. The maximum atomic E-state index is 6.41. The van der Waals surface area contributed by atoms with Gasteiger partial charge >= 0.3 is 0 Å². The van der Waals surface area contributed by atoms with Crippen LogP contribution in [0, 0.1) is 0 Å². The number of rotatable bonds is 6. The summed E-state index contributed by atoms with van der Waals surface area (Å²) in [5.41, 5.74) is 2.33. The predicted octanol–water partition coefficient (Wildman–Crippen LogP) is 3.06. The molecular weight excluding hydrogens is 260 g/mol. The lowest BCUT2D eigenvalue weighted by Gasteiger charge is -2.26. The van der Waals surface area contributed by atoms with Gasteiger partial charge in [-0.25, -0.2) is 0 Å². The third kappa shape index (κ3) is 3.85. The average molecular weight is 283 g/mol. The summed E-state index contributed by atoms with van der Waals surface area (Å²) in [6.07, 6.45) is 2.23. The number of anilines is 1. The highest BCUT2D eigenvalue weighted by Crippen LogP contribution is 2.29. The minimum atomic E-state index is 0.446. The van der Waals surface area contributed by atoms with Crippen LogP contribution in [0.25, 0.3) is 0 Å². The van der Waals surface area contributed by atoms with Gasteiger partial charge in [-0.2, -0.15) is 0 Å². The largest absolute Gasteiger partial charge is 0.379 e. The molecule has 1 aromatic rings. The number of nitrogens with zero attached hydrogens (tertiary/aromatic N) is 1. The quantitative estimate of drug-likeness (QED) is 0.812. The highest BCUT2D eigenvalue weighted by molar-refractivity contribution is 6.33. The minimum absolute atomic E-state index is 0.446. The molecule has 1 aliphatic rings. The van der Waals surface area contributed by atoms with Gasteiger partial charge in [0.15, 0.2) is 0 Å². The van der Waals surface area contributed by atoms with Crippen LogP contribution in [-0.2, 0) is 11.3 Å². The van der Waals surface area contributed by atoms with Gasteiger partial charge in [-0.1, -0.05) is 24.6 Å². The summed E-state index contributed by atoms with van der Waals surface area (Å²) in [4.78, 5) is 2.23. The summed E-state index contributed by atoms with van der Waals surface area (Å²) in [6.45, 7) is 5.74. The molecule has 0 radical (unpaired) electrons. The Morgan fingerprint density at radius 3 is 2.95 bits per heavy atom. The van der Waals surface area contributed by atoms with Crippen molar-refractivity contribution in [2.24, 2.45) is 0 Å². The van der Waals surface area contributed by atoms with Crippen molar-refractivity contribution in [1.82, 2.24) is 5.32 Å². The maximum Gasteiger partial charge on any atom is 0.0670 e. The molecule has 1 fully saturated rings. The van der Waals surface area contributed by atoms with Gasteiger partial charge in [-0.3, -0.25) is 0 Å². The lowest BCUT2D eigenvalue weighted by atomic mass is 10.1. The van der Waals surface area contributed by atoms with E-state index in [1.165, 1.54) is 5.56 Å². The smallest absolute Gasteiger partial charge is 0.0670 e. The van der Waals surface area contributed by atoms with E-state index in [2.05, 4.69) is 42.4 Å². The van der Waals surface area contributed by atoms with E-state index in [-0.39, 0.29) is 0 Å². The Morgan fingerprint density at radius 1 is 1.47 bits per heavy atom. The molecule has 3 nitrogen and oxygen atoms in total. The molecule has 1 N–H and O–H groups in total. The standard InChI is InChI=1S/C15H23ClN2O/c1-3-7-17-10-12-4-5-15(14(16)9-12)18(2)13-6-8-19-11-13/h4-5,9,13,17H,3,6-8,10-11H2,1-2H3. The summed E-state index contributed by atoms with van der Waals surface area (Å²) in [5, 5.41) is 4.21. The number of hydrogen-bond donors (Lipinski definition) is 1. The average Bonchev–Trinajstić information content (AvgIpc) is 2.92. The van der Waals surface area contributed by atoms with E-state index >= 15 is 0 Å². The maximum absolute atomic E-state index is 6.41. The summed E-state index contributed by atoms with van der Waals surface area (Å²) in [7, 11) is 2.09. The van der Waals surface area contributed by atoms with E-state index in [4.69, 9.17) is 16.3 Å². The number of benzene rings is 1. The van der Waals surface area contributed by atoms with Crippen molar-refractivity contribution in [2.45, 2.75) is 32.4 Å². The molecule has 0 spiro atoms. The summed E-state index contributed by atoms with van der Waals surface area (Å²) in [5.74, 6) is 0. The van der Waals surface area contributed by atoms with Gasteiger partial charge in [0.05, 0.1) is 23.4 Å². The molecule has 1 saturated heterocycles. The van der Waals surface area contributed by atoms with Crippen molar-refractivity contribution >= 4 is 17.3 Å². The zero-order chi connectivity index (χ0) is 13.7. The molecule has 1 aromatic carbocycles. The van der Waals surface area contributed by atoms with Crippen LogP contribution in [0.4, 0.5) is 5.69 Å². The molecule has 1 heterocycles. The zero-order valence-corrected chi connectivity index (χ0v) is 12.5. The zero-order valence-electron chi connectivity index (χ0n) is 11.8. The molecule has 0 saturated carbocycles. The van der Waals surface area contributed by atoms with Crippen LogP contribution in [0.5, 0.6) is 0 Å². The van der Waals surface area contributed by atoms with Gasteiger partial charge in [-0.15, -0.1) is 0 Å². The second-order valence-corrected chi connectivity index (χ2v) is 5.50. The van der Waals surface area contributed by atoms with Gasteiger partial charge in [0.2, 0.25) is 0 Å². The summed E-state index contributed by atoms with van der Waals surface area (Å²) in [6, 6.07) is 6.77. The molecule has 1 atom stereocenters. The first-order valence-electron chi connectivity index (χ1n) is 7.02. The van der Waals surface area contributed by atoms with Crippen LogP contribution in [0.3, 0.4) is 0 Å². The second kappa shape index (κ2) is 7.13. The molecule has 0 aliphatic carbocycles. The fourth-order valence-electron chi connectivity index (χ4n) is 2.38. The molecule has 1 aliphatic heterocycles. The normalized spacial score (nSPS) is 18.8. The number of nitrogens with one attached hydrogen (secondary N) is 1. The van der Waals surface area contributed by atoms with Crippen LogP contribution < -0.4 is 10.2 Å². The fraction of sp³-hybridized carbons (Fsp3) is 0.600. The summed E-state index contributed by atoms with van der Waals surface area (Å²) < 4.78 is 5.43. The van der Waals surface area contributed by atoms with E-state index in [1.54, 1.807) is 0 Å². The molecule has 0 bridgehead atoms. The van der Waals surface area contributed by atoms with Gasteiger partial charge in [0.1, 0.15) is 0 Å². The van der Waals surface area contributed by atoms with Gasteiger partial charge in [0, 0.05) is 20.2 Å². The Hall–Kier alpha value is -0.770. The Morgan fingerprint density at radius 2 is 2.32 bits per heavy atom. The first-order valence-corrected chi connectivity index (χ1v) is 7.40. The van der Waals surface area contributed by atoms with Crippen LogP contribution >= 0.6 is 11.6 Å². The first-order chi connectivity index (χ1) is 9.22. The minimum Gasteiger partial charge on any atom is -0.379 e. The molecule has 0 amide bonds. The van der Waals surface area contributed by atoms with Crippen molar-refractivity contribution in [2.75, 3.05) is 31.7 Å². The van der Waals surface area contributed by atoms with E-state index in [0.717, 1.165) is 49.9 Å². The Labute approximate surface area is 120 Å². The summed E-state index contributed by atoms with van der Waals surface area (Å²) >= 11 is 6.41. The van der Waals surface area contributed by atoms with Crippen molar-refractivity contribution < 1.29 is 4.74 Å². The van der Waals surface area contributed by atoms with E-state index in [1.807, 2.05) is 0 Å². The van der Waals surface area contributed by atoms with Crippen LogP contribution in [0.15, 0.2) is 18.2 Å². The molecule has 0 aromatic heterocycles. The Kier molecular flexibility index (Phi) is 5.49. The number of ether oxygens (including phenoxy) is 1. The monoisotopic (exact) mass is 282 g/mol. The molecular formula is C15H23ClN2O. The van der Waals surface area contributed by atoms with Crippen LogP contribution in [-0.4, -0.2) is 32.8 Å². The lowest BCUT2D eigenvalue weighted by molar-refractivity contribution is 0.193. The number of halogens is 1.